The zero-order chi connectivity index (χ0) is 48.8. The minimum atomic E-state index is -0.938. The van der Waals surface area contributed by atoms with Crippen LogP contribution >= 0.6 is 0 Å². The fourth-order valence-electron chi connectivity index (χ4n) is 11.1. The minimum Gasteiger partial charge on any atom is -0.309 e. The molecule has 1 fully saturated rings. The second kappa shape index (κ2) is 46.0. The lowest BCUT2D eigenvalue weighted by Crippen LogP contribution is -2.62. The summed E-state index contributed by atoms with van der Waals surface area (Å²) in [5, 5.41) is 0. The van der Waals surface area contributed by atoms with Crippen LogP contribution in [-0.4, -0.2) is 39.6 Å². The summed E-state index contributed by atoms with van der Waals surface area (Å²) in [6, 6.07) is -0.203. The van der Waals surface area contributed by atoms with E-state index in [-0.39, 0.29) is 18.5 Å². The lowest BCUT2D eigenvalue weighted by molar-refractivity contribution is -0.130. The van der Waals surface area contributed by atoms with Crippen LogP contribution in [0.2, 0.25) is 0 Å². The number of imide groups is 1. The van der Waals surface area contributed by atoms with Crippen molar-refractivity contribution in [2.45, 2.75) is 373 Å². The molecule has 1 aliphatic heterocycles. The second-order valence-corrected chi connectivity index (χ2v) is 22.4. The molecule has 0 bridgehead atoms. The number of amides is 3. The van der Waals surface area contributed by atoms with Gasteiger partial charge in [-0.05, 0) is 51.4 Å². The highest BCUT2D eigenvalue weighted by Gasteiger charge is 2.51. The molecule has 0 aliphatic carbocycles. The maximum Gasteiger partial charge on any atom is 0.330 e. The van der Waals surface area contributed by atoms with Gasteiger partial charge >= 0.3 is 6.03 Å². The number of unbranched alkanes of at least 4 members (excludes halogenated alkanes) is 44. The minimum absolute atomic E-state index is 0.0850. The van der Waals surface area contributed by atoms with Crippen LogP contribution in [0.3, 0.4) is 0 Å². The van der Waals surface area contributed by atoms with Gasteiger partial charge in [0.15, 0.2) is 0 Å². The molecule has 1 rings (SSSR count). The van der Waals surface area contributed by atoms with Crippen molar-refractivity contribution in [2.24, 2.45) is 11.5 Å². The lowest BCUT2D eigenvalue weighted by atomic mass is 9.92. The first-order valence-electron chi connectivity index (χ1n) is 31.0. The van der Waals surface area contributed by atoms with Crippen molar-refractivity contribution in [3.8, 4) is 0 Å². The van der Waals surface area contributed by atoms with E-state index >= 15 is 0 Å². The van der Waals surface area contributed by atoms with E-state index in [1.54, 1.807) is 4.90 Å². The number of nitrogens with two attached hydrogens (primary N) is 2. The summed E-state index contributed by atoms with van der Waals surface area (Å²) in [7, 11) is 0. The molecule has 0 unspecified atom stereocenters. The van der Waals surface area contributed by atoms with Crippen LogP contribution in [0.4, 0.5) is 4.79 Å². The molecule has 67 heavy (non-hydrogen) atoms. The molecule has 0 aromatic rings. The molecule has 1 aliphatic rings. The van der Waals surface area contributed by atoms with Gasteiger partial charge in [-0.3, -0.25) is 9.69 Å². The van der Waals surface area contributed by atoms with Gasteiger partial charge in [0.05, 0.1) is 5.66 Å². The highest BCUT2D eigenvalue weighted by Crippen LogP contribution is 2.35. The van der Waals surface area contributed by atoms with Gasteiger partial charge in [0.2, 0.25) is 0 Å². The van der Waals surface area contributed by atoms with Crippen LogP contribution in [0.25, 0.3) is 0 Å². The molecular weight excluding hydrogens is 821 g/mol. The molecule has 6 nitrogen and oxygen atoms in total. The van der Waals surface area contributed by atoms with Crippen molar-refractivity contribution in [1.82, 2.24) is 9.80 Å². The number of nitrogens with zero attached hydrogens (tertiary/aromatic N) is 2. The second-order valence-electron chi connectivity index (χ2n) is 22.4. The van der Waals surface area contributed by atoms with Crippen LogP contribution in [0.1, 0.15) is 362 Å². The third-order valence-corrected chi connectivity index (χ3v) is 15.8. The molecule has 1 saturated heterocycles. The van der Waals surface area contributed by atoms with Crippen molar-refractivity contribution < 1.29 is 9.59 Å². The third kappa shape index (κ3) is 34.0. The number of urea groups is 1. The Balaban J connectivity index is 2.88. The predicted octanol–water partition coefficient (Wildman–Crippen LogP) is 19.9. The SMILES string of the molecule is CCCCCCCCCCCCCCC(N)(CCCCCCCCCCCCCC)N1CC(=O)N(C(N)(CCCCCCCCCCCCCC)CCCCCCCCCCCCCC)C1=O. The quantitative estimate of drug-likeness (QED) is 0.0469. The topological polar surface area (TPSA) is 92.7 Å². The van der Waals surface area contributed by atoms with E-state index in [1.807, 2.05) is 0 Å². The molecule has 3 amide bonds. The fourth-order valence-corrected chi connectivity index (χ4v) is 11.1. The maximum atomic E-state index is 14.8. The molecule has 0 radical (unpaired) electrons. The lowest BCUT2D eigenvalue weighted by Gasteiger charge is -2.41. The van der Waals surface area contributed by atoms with Gasteiger partial charge in [0.25, 0.3) is 5.91 Å². The maximum absolute atomic E-state index is 14.8. The van der Waals surface area contributed by atoms with Crippen LogP contribution in [0.15, 0.2) is 0 Å². The van der Waals surface area contributed by atoms with E-state index in [9.17, 15) is 9.59 Å². The molecule has 398 valence electrons. The molecule has 0 saturated carbocycles. The molecule has 0 aromatic carbocycles. The zero-order valence-electron chi connectivity index (χ0n) is 46.3. The van der Waals surface area contributed by atoms with Gasteiger partial charge in [-0.15, -0.1) is 0 Å². The summed E-state index contributed by atoms with van der Waals surface area (Å²) >= 11 is 0. The van der Waals surface area contributed by atoms with Gasteiger partial charge < -0.3 is 11.5 Å². The number of rotatable bonds is 54. The van der Waals surface area contributed by atoms with Crippen LogP contribution in [0, 0.1) is 0 Å². The highest BCUT2D eigenvalue weighted by molar-refractivity contribution is 6.03. The van der Waals surface area contributed by atoms with Crippen molar-refractivity contribution in [3.63, 3.8) is 0 Å². The summed E-state index contributed by atoms with van der Waals surface area (Å²) < 4.78 is 0. The van der Waals surface area contributed by atoms with E-state index < -0.39 is 11.3 Å². The normalized spacial score (nSPS) is 13.6. The molecule has 4 N–H and O–H groups in total. The molecule has 0 atom stereocenters. The monoisotopic (exact) mass is 943 g/mol. The third-order valence-electron chi connectivity index (χ3n) is 15.8. The van der Waals surface area contributed by atoms with Crippen molar-refractivity contribution >= 4 is 11.9 Å². The Labute approximate surface area is 420 Å². The van der Waals surface area contributed by atoms with E-state index in [2.05, 4.69) is 27.7 Å². The van der Waals surface area contributed by atoms with Gasteiger partial charge in [-0.2, -0.15) is 0 Å². The number of carbonyl (C=O) groups excluding carboxylic acids is 2. The Bertz CT molecular complexity index is 1020. The first-order valence-corrected chi connectivity index (χ1v) is 31.0. The Kier molecular flexibility index (Phi) is 43.8. The average Bonchev–Trinajstić information content (AvgIpc) is 3.64. The van der Waals surface area contributed by atoms with Crippen LogP contribution < -0.4 is 11.5 Å². The number of hydrogen-bond acceptors (Lipinski definition) is 4. The molecule has 1 heterocycles. The molecular formula is C61H122N4O2. The Hall–Kier alpha value is -1.14. The standard InChI is InChI=1S/C61H122N4O2/c1-5-9-13-17-21-25-29-33-37-41-45-49-53-60(62,54-50-46-42-38-34-30-26-22-18-14-10-6-2)64-57-58(66)65(59(64)67)61(63,55-51-47-43-39-35-31-27-23-19-15-11-7-3)56-52-48-44-40-36-32-28-24-20-16-12-8-4/h5-57,62-63H2,1-4H3. The average molecular weight is 944 g/mol. The van der Waals surface area contributed by atoms with Crippen LogP contribution in [0.5, 0.6) is 0 Å². The van der Waals surface area contributed by atoms with E-state index in [1.165, 1.54) is 262 Å². The fraction of sp³-hybridized carbons (Fsp3) is 0.967. The van der Waals surface area contributed by atoms with Gasteiger partial charge in [0.1, 0.15) is 12.2 Å². The molecule has 6 heteroatoms. The summed E-state index contributed by atoms with van der Waals surface area (Å²) in [6.07, 6.45) is 65.0. The smallest absolute Gasteiger partial charge is 0.309 e. The number of carbonyl (C=O) groups is 2. The first kappa shape index (κ1) is 63.9. The van der Waals surface area contributed by atoms with E-state index in [0.717, 1.165) is 64.2 Å². The predicted molar refractivity (Wildman–Crippen MR) is 296 cm³/mol. The van der Waals surface area contributed by atoms with Crippen molar-refractivity contribution in [1.29, 1.82) is 0 Å². The summed E-state index contributed by atoms with van der Waals surface area (Å²) in [5.74, 6) is -0.121. The van der Waals surface area contributed by atoms with Crippen molar-refractivity contribution in [3.05, 3.63) is 0 Å². The summed E-state index contributed by atoms with van der Waals surface area (Å²) in [4.78, 5) is 32.3. The molecule has 0 aromatic heterocycles. The highest BCUT2D eigenvalue weighted by atomic mass is 16.2. The van der Waals surface area contributed by atoms with E-state index in [4.69, 9.17) is 11.5 Å². The van der Waals surface area contributed by atoms with Crippen molar-refractivity contribution in [2.75, 3.05) is 6.54 Å². The first-order chi connectivity index (χ1) is 32.8. The molecule has 0 spiro atoms. The summed E-state index contributed by atoms with van der Waals surface area (Å²) in [6.45, 7) is 9.24. The largest absolute Gasteiger partial charge is 0.330 e. The van der Waals surface area contributed by atoms with E-state index in [0.29, 0.717) is 12.8 Å². The Morgan fingerprint density at radius 2 is 0.478 bits per heavy atom. The Morgan fingerprint density at radius 1 is 0.299 bits per heavy atom. The number of hydrogen-bond donors (Lipinski definition) is 2. The summed E-state index contributed by atoms with van der Waals surface area (Å²) in [5.41, 5.74) is 13.1. The van der Waals surface area contributed by atoms with Gasteiger partial charge in [-0.1, -0.05) is 310 Å². The van der Waals surface area contributed by atoms with Gasteiger partial charge in [0, 0.05) is 0 Å². The zero-order valence-corrected chi connectivity index (χ0v) is 46.3. The van der Waals surface area contributed by atoms with Crippen LogP contribution in [-0.2, 0) is 4.79 Å². The van der Waals surface area contributed by atoms with Gasteiger partial charge in [-0.25, -0.2) is 9.69 Å². The Morgan fingerprint density at radius 3 is 0.687 bits per heavy atom.